The fraction of sp³-hybridized carbons (Fsp3) is 0.200. The summed E-state index contributed by atoms with van der Waals surface area (Å²) in [6.07, 6.45) is 0. The fourth-order valence-corrected chi connectivity index (χ4v) is 1.85. The number of methoxy groups -OCH3 is 1. The molecule has 0 aliphatic rings. The predicted molar refractivity (Wildman–Crippen MR) is 71.4 cm³/mol. The smallest absolute Gasteiger partial charge is 0.160 e. The van der Waals surface area contributed by atoms with Crippen molar-refractivity contribution in [1.29, 1.82) is 0 Å². The van der Waals surface area contributed by atoms with Crippen LogP contribution in [0.3, 0.4) is 0 Å². The molecule has 4 heteroatoms. The lowest BCUT2D eigenvalue weighted by Crippen LogP contribution is -2.02. The second kappa shape index (κ2) is 5.69. The summed E-state index contributed by atoms with van der Waals surface area (Å²) in [5.41, 5.74) is 2.61. The zero-order valence-electron chi connectivity index (χ0n) is 10.8. The largest absolute Gasteiger partial charge is 0.496 e. The molecule has 0 saturated heterocycles. The van der Waals surface area contributed by atoms with Gasteiger partial charge in [-0.25, -0.2) is 8.78 Å². The van der Waals surface area contributed by atoms with Crippen LogP contribution in [-0.4, -0.2) is 7.11 Å². The third-order valence-electron chi connectivity index (χ3n) is 2.84. The van der Waals surface area contributed by atoms with Crippen LogP contribution in [0.25, 0.3) is 0 Å². The van der Waals surface area contributed by atoms with Crippen molar-refractivity contribution in [2.45, 2.75) is 13.5 Å². The van der Waals surface area contributed by atoms with Crippen LogP contribution in [0.2, 0.25) is 0 Å². The number of rotatable bonds is 4. The molecule has 0 spiro atoms. The molecule has 2 aromatic carbocycles. The van der Waals surface area contributed by atoms with Crippen LogP contribution in [0.4, 0.5) is 14.5 Å². The minimum atomic E-state index is -0.860. The molecule has 0 fully saturated rings. The lowest BCUT2D eigenvalue weighted by atomic mass is 10.1. The van der Waals surface area contributed by atoms with Crippen LogP contribution in [0.15, 0.2) is 36.4 Å². The maximum absolute atomic E-state index is 13.1. The van der Waals surface area contributed by atoms with E-state index >= 15 is 0 Å². The van der Waals surface area contributed by atoms with E-state index in [1.165, 1.54) is 6.07 Å². The Labute approximate surface area is 111 Å². The third kappa shape index (κ3) is 3.22. The molecular weight excluding hydrogens is 248 g/mol. The number of hydrogen-bond acceptors (Lipinski definition) is 2. The van der Waals surface area contributed by atoms with Gasteiger partial charge in [0, 0.05) is 23.9 Å². The van der Waals surface area contributed by atoms with Gasteiger partial charge in [-0.15, -0.1) is 0 Å². The van der Waals surface area contributed by atoms with Gasteiger partial charge in [-0.1, -0.05) is 17.7 Å². The van der Waals surface area contributed by atoms with Crippen LogP contribution in [0.5, 0.6) is 5.75 Å². The number of hydrogen-bond donors (Lipinski definition) is 1. The lowest BCUT2D eigenvalue weighted by Gasteiger charge is -2.11. The van der Waals surface area contributed by atoms with Gasteiger partial charge in [-0.3, -0.25) is 0 Å². The summed E-state index contributed by atoms with van der Waals surface area (Å²) in [6.45, 7) is 2.47. The number of anilines is 1. The van der Waals surface area contributed by atoms with E-state index in [0.29, 0.717) is 12.2 Å². The molecule has 0 bridgehead atoms. The minimum absolute atomic E-state index is 0.482. The first-order chi connectivity index (χ1) is 9.10. The maximum atomic E-state index is 13.1. The van der Waals surface area contributed by atoms with E-state index in [0.717, 1.165) is 29.0 Å². The summed E-state index contributed by atoms with van der Waals surface area (Å²) in [5.74, 6) is -0.944. The second-order valence-corrected chi connectivity index (χ2v) is 4.30. The molecule has 2 aromatic rings. The molecule has 0 radical (unpaired) electrons. The number of halogens is 2. The molecule has 0 aromatic heterocycles. The first kappa shape index (κ1) is 13.3. The SMILES string of the molecule is COc1ccc(C)cc1CNc1ccc(F)c(F)c1. The van der Waals surface area contributed by atoms with Crippen molar-refractivity contribution in [2.75, 3.05) is 12.4 Å². The standard InChI is InChI=1S/C15H15F2NO/c1-10-3-6-15(19-2)11(7-10)9-18-12-4-5-13(16)14(17)8-12/h3-8,18H,9H2,1-2H3. The first-order valence-corrected chi connectivity index (χ1v) is 5.92. The van der Waals surface area contributed by atoms with Gasteiger partial charge in [0.25, 0.3) is 0 Å². The number of ether oxygens (including phenoxy) is 1. The summed E-state index contributed by atoms with van der Waals surface area (Å²) in [4.78, 5) is 0. The highest BCUT2D eigenvalue weighted by molar-refractivity contribution is 5.46. The Morgan fingerprint density at radius 1 is 1.05 bits per heavy atom. The van der Waals surface area contributed by atoms with Gasteiger partial charge < -0.3 is 10.1 Å². The van der Waals surface area contributed by atoms with E-state index in [1.807, 2.05) is 25.1 Å². The van der Waals surface area contributed by atoms with E-state index in [4.69, 9.17) is 4.74 Å². The van der Waals surface area contributed by atoms with E-state index in [2.05, 4.69) is 5.32 Å². The van der Waals surface area contributed by atoms with E-state index in [9.17, 15) is 8.78 Å². The number of nitrogens with one attached hydrogen (secondary N) is 1. The van der Waals surface area contributed by atoms with Crippen LogP contribution in [0, 0.1) is 18.6 Å². The van der Waals surface area contributed by atoms with Crippen LogP contribution < -0.4 is 10.1 Å². The van der Waals surface area contributed by atoms with E-state index in [-0.39, 0.29) is 0 Å². The average Bonchev–Trinajstić information content (AvgIpc) is 2.40. The molecule has 0 aliphatic heterocycles. The monoisotopic (exact) mass is 263 g/mol. The van der Waals surface area contributed by atoms with Gasteiger partial charge >= 0.3 is 0 Å². The first-order valence-electron chi connectivity index (χ1n) is 5.92. The molecule has 0 unspecified atom stereocenters. The van der Waals surface area contributed by atoms with Gasteiger partial charge in [0.2, 0.25) is 0 Å². The summed E-state index contributed by atoms with van der Waals surface area (Å²) in [7, 11) is 1.60. The summed E-state index contributed by atoms with van der Waals surface area (Å²) >= 11 is 0. The summed E-state index contributed by atoms with van der Waals surface area (Å²) < 4.78 is 31.1. The normalized spacial score (nSPS) is 10.3. The topological polar surface area (TPSA) is 21.3 Å². The number of benzene rings is 2. The Morgan fingerprint density at radius 3 is 2.53 bits per heavy atom. The van der Waals surface area contributed by atoms with Crippen molar-refractivity contribution in [3.8, 4) is 5.75 Å². The summed E-state index contributed by atoms with van der Waals surface area (Å²) in [6, 6.07) is 9.58. The Hall–Kier alpha value is -2.10. The van der Waals surface area contributed by atoms with Crippen LogP contribution in [-0.2, 0) is 6.54 Å². The highest BCUT2D eigenvalue weighted by Crippen LogP contribution is 2.21. The van der Waals surface area contributed by atoms with Gasteiger partial charge in [0.05, 0.1) is 7.11 Å². The van der Waals surface area contributed by atoms with Crippen molar-refractivity contribution < 1.29 is 13.5 Å². The Kier molecular flexibility index (Phi) is 4.00. The quantitative estimate of drug-likeness (QED) is 0.903. The molecule has 2 rings (SSSR count). The third-order valence-corrected chi connectivity index (χ3v) is 2.84. The van der Waals surface area contributed by atoms with Crippen molar-refractivity contribution in [1.82, 2.24) is 0 Å². The van der Waals surface area contributed by atoms with Crippen molar-refractivity contribution in [3.05, 3.63) is 59.2 Å². The Bertz CT molecular complexity index is 584. The molecule has 19 heavy (non-hydrogen) atoms. The highest BCUT2D eigenvalue weighted by atomic mass is 19.2. The second-order valence-electron chi connectivity index (χ2n) is 4.30. The summed E-state index contributed by atoms with van der Waals surface area (Å²) in [5, 5.41) is 3.04. The number of aryl methyl sites for hydroxylation is 1. The van der Waals surface area contributed by atoms with Gasteiger partial charge in [0.1, 0.15) is 5.75 Å². The fourth-order valence-electron chi connectivity index (χ4n) is 1.85. The van der Waals surface area contributed by atoms with Crippen LogP contribution >= 0.6 is 0 Å². The molecular formula is C15H15F2NO. The van der Waals surface area contributed by atoms with Gasteiger partial charge in [-0.2, -0.15) is 0 Å². The highest BCUT2D eigenvalue weighted by Gasteiger charge is 2.05. The van der Waals surface area contributed by atoms with Gasteiger partial charge in [0.15, 0.2) is 11.6 Å². The molecule has 0 aliphatic carbocycles. The predicted octanol–water partition coefficient (Wildman–Crippen LogP) is 3.89. The van der Waals surface area contributed by atoms with Crippen molar-refractivity contribution in [3.63, 3.8) is 0 Å². The Morgan fingerprint density at radius 2 is 1.84 bits per heavy atom. The molecule has 1 N–H and O–H groups in total. The molecule has 0 saturated carbocycles. The lowest BCUT2D eigenvalue weighted by molar-refractivity contribution is 0.410. The van der Waals surface area contributed by atoms with Crippen LogP contribution in [0.1, 0.15) is 11.1 Å². The average molecular weight is 263 g/mol. The Balaban J connectivity index is 2.13. The molecule has 0 atom stereocenters. The maximum Gasteiger partial charge on any atom is 0.160 e. The molecule has 0 heterocycles. The molecule has 0 amide bonds. The van der Waals surface area contributed by atoms with Crippen molar-refractivity contribution >= 4 is 5.69 Å². The van der Waals surface area contributed by atoms with E-state index in [1.54, 1.807) is 7.11 Å². The molecule has 2 nitrogen and oxygen atoms in total. The zero-order valence-corrected chi connectivity index (χ0v) is 10.8. The van der Waals surface area contributed by atoms with Crippen molar-refractivity contribution in [2.24, 2.45) is 0 Å². The minimum Gasteiger partial charge on any atom is -0.496 e. The zero-order chi connectivity index (χ0) is 13.8. The van der Waals surface area contributed by atoms with E-state index < -0.39 is 11.6 Å². The van der Waals surface area contributed by atoms with Gasteiger partial charge in [-0.05, 0) is 25.1 Å². The molecule has 100 valence electrons.